The minimum Gasteiger partial charge on any atom is -0.477 e. The third-order valence-electron chi connectivity index (χ3n) is 5.77. The summed E-state index contributed by atoms with van der Waals surface area (Å²) in [4.78, 5) is 12.7. The minimum atomic E-state index is -0.286. The van der Waals surface area contributed by atoms with Crippen LogP contribution in [-0.4, -0.2) is 11.5 Å². The molecule has 0 aromatic heterocycles. The maximum Gasteiger partial charge on any atom is 0.163 e. The normalized spacial score (nSPS) is 31.4. The Morgan fingerprint density at radius 2 is 2.00 bits per heavy atom. The molecule has 0 saturated heterocycles. The first-order chi connectivity index (χ1) is 11.5. The van der Waals surface area contributed by atoms with E-state index in [0.717, 1.165) is 50.0 Å². The number of hydrogen-bond donors (Lipinski definition) is 1. The van der Waals surface area contributed by atoms with Crippen LogP contribution in [0.2, 0.25) is 0 Å². The van der Waals surface area contributed by atoms with Gasteiger partial charge < -0.3 is 4.74 Å². The highest BCUT2D eigenvalue weighted by atomic mass is 16.5. The van der Waals surface area contributed by atoms with Crippen molar-refractivity contribution in [3.8, 4) is 0 Å². The number of nitrogens with one attached hydrogen (secondary N) is 1. The summed E-state index contributed by atoms with van der Waals surface area (Å²) in [7, 11) is 0. The minimum absolute atomic E-state index is 0.0160. The zero-order valence-corrected chi connectivity index (χ0v) is 14.7. The number of allylic oxidation sites excluding steroid dienone is 2. The van der Waals surface area contributed by atoms with Crippen molar-refractivity contribution in [3.63, 3.8) is 0 Å². The van der Waals surface area contributed by atoms with Gasteiger partial charge in [-0.2, -0.15) is 0 Å². The average Bonchev–Trinajstić information content (AvgIpc) is 2.52. The number of rotatable bonds is 3. The smallest absolute Gasteiger partial charge is 0.163 e. The lowest BCUT2D eigenvalue weighted by atomic mass is 9.68. The molecule has 1 fully saturated rings. The van der Waals surface area contributed by atoms with Gasteiger partial charge in [0.2, 0.25) is 0 Å². The molecule has 2 atom stereocenters. The first-order valence-corrected chi connectivity index (χ1v) is 9.21. The molecule has 128 valence electrons. The van der Waals surface area contributed by atoms with E-state index in [9.17, 15) is 4.79 Å². The number of Topliss-reactive ketones (excluding diaryl/α,β-unsaturated/α-hetero) is 1. The van der Waals surface area contributed by atoms with Crippen molar-refractivity contribution in [3.05, 3.63) is 47.2 Å². The number of benzene rings is 1. The molecule has 3 nitrogen and oxygen atoms in total. The Morgan fingerprint density at radius 1 is 1.21 bits per heavy atom. The molecule has 0 amide bonds. The molecule has 1 aromatic rings. The molecule has 24 heavy (non-hydrogen) atoms. The first-order valence-electron chi connectivity index (χ1n) is 9.21. The van der Waals surface area contributed by atoms with Crippen molar-refractivity contribution < 1.29 is 9.53 Å². The summed E-state index contributed by atoms with van der Waals surface area (Å²) < 4.78 is 6.52. The average molecular weight is 325 g/mol. The van der Waals surface area contributed by atoms with Crippen LogP contribution in [0.15, 0.2) is 41.7 Å². The molecule has 1 heterocycles. The van der Waals surface area contributed by atoms with Crippen LogP contribution in [0.4, 0.5) is 0 Å². The molecule has 1 aromatic carbocycles. The Hall–Kier alpha value is -1.61. The molecule has 3 aliphatic rings. The van der Waals surface area contributed by atoms with Crippen LogP contribution in [-0.2, 0) is 16.1 Å². The number of carbonyl (C=O) groups excluding carboxylic acids is 1. The van der Waals surface area contributed by atoms with E-state index in [1.54, 1.807) is 0 Å². The highest BCUT2D eigenvalue weighted by molar-refractivity contribution is 5.97. The lowest BCUT2D eigenvalue weighted by Gasteiger charge is -2.50. The maximum absolute atomic E-state index is 12.7. The molecule has 0 radical (unpaired) electrons. The third kappa shape index (κ3) is 2.90. The van der Waals surface area contributed by atoms with Gasteiger partial charge in [0.25, 0.3) is 0 Å². The van der Waals surface area contributed by atoms with E-state index in [2.05, 4.69) is 43.4 Å². The third-order valence-corrected chi connectivity index (χ3v) is 5.77. The first kappa shape index (κ1) is 15.9. The molecular weight excluding hydrogens is 298 g/mol. The van der Waals surface area contributed by atoms with Gasteiger partial charge in [-0.15, -0.1) is 0 Å². The molecule has 0 spiro atoms. The summed E-state index contributed by atoms with van der Waals surface area (Å²) >= 11 is 0. The van der Waals surface area contributed by atoms with Gasteiger partial charge in [-0.1, -0.05) is 44.2 Å². The Kier molecular flexibility index (Phi) is 3.80. The highest BCUT2D eigenvalue weighted by Gasteiger charge is 2.49. The fourth-order valence-electron chi connectivity index (χ4n) is 4.69. The van der Waals surface area contributed by atoms with Crippen LogP contribution in [0.3, 0.4) is 0 Å². The fraction of sp³-hybridized carbons (Fsp3) is 0.571. The molecule has 3 heteroatoms. The number of carbonyl (C=O) groups is 1. The summed E-state index contributed by atoms with van der Waals surface area (Å²) in [6.45, 7) is 5.16. The summed E-state index contributed by atoms with van der Waals surface area (Å²) in [6, 6.07) is 10.5. The van der Waals surface area contributed by atoms with Gasteiger partial charge in [-0.05, 0) is 29.7 Å². The van der Waals surface area contributed by atoms with E-state index < -0.39 is 0 Å². The Balaban J connectivity index is 1.58. The molecule has 2 bridgehead atoms. The summed E-state index contributed by atoms with van der Waals surface area (Å²) in [5.74, 6) is 1.69. The molecule has 2 aliphatic carbocycles. The highest BCUT2D eigenvalue weighted by Crippen LogP contribution is 2.50. The van der Waals surface area contributed by atoms with Crippen molar-refractivity contribution in [2.24, 2.45) is 11.3 Å². The van der Waals surface area contributed by atoms with E-state index in [1.165, 1.54) is 5.56 Å². The van der Waals surface area contributed by atoms with Gasteiger partial charge in [0, 0.05) is 37.8 Å². The van der Waals surface area contributed by atoms with Gasteiger partial charge in [-0.25, -0.2) is 0 Å². The van der Waals surface area contributed by atoms with Crippen LogP contribution in [0.1, 0.15) is 57.9 Å². The number of ketones is 1. The topological polar surface area (TPSA) is 38.3 Å². The SMILES string of the molecule is CC1(C)CC(=O)C2=C(C1)OC1(NCc3ccccc3)CCCC2C1. The number of hydrogen-bond acceptors (Lipinski definition) is 3. The largest absolute Gasteiger partial charge is 0.477 e. The molecule has 1 aliphatic heterocycles. The Labute approximate surface area is 144 Å². The predicted molar refractivity (Wildman–Crippen MR) is 94.1 cm³/mol. The van der Waals surface area contributed by atoms with Crippen LogP contribution in [0.5, 0.6) is 0 Å². The van der Waals surface area contributed by atoms with Crippen molar-refractivity contribution in [2.45, 2.75) is 64.6 Å². The van der Waals surface area contributed by atoms with E-state index in [0.29, 0.717) is 18.1 Å². The van der Waals surface area contributed by atoms with Crippen LogP contribution in [0, 0.1) is 11.3 Å². The number of fused-ring (bicyclic) bond motifs is 3. The van der Waals surface area contributed by atoms with E-state index in [1.807, 2.05) is 6.07 Å². The monoisotopic (exact) mass is 325 g/mol. The molecule has 2 unspecified atom stereocenters. The van der Waals surface area contributed by atoms with Crippen LogP contribution in [0.25, 0.3) is 0 Å². The zero-order valence-electron chi connectivity index (χ0n) is 14.7. The van der Waals surface area contributed by atoms with Crippen LogP contribution < -0.4 is 5.32 Å². The van der Waals surface area contributed by atoms with Gasteiger partial charge >= 0.3 is 0 Å². The second kappa shape index (κ2) is 5.73. The summed E-state index contributed by atoms with van der Waals surface area (Å²) in [5.41, 5.74) is 2.02. The molecule has 4 rings (SSSR count). The second-order valence-electron chi connectivity index (χ2n) is 8.51. The molecular formula is C21H27NO2. The standard InChI is InChI=1S/C21H27NO2/c1-20(2)12-17(23)19-16-9-6-10-21(11-16,24-18(19)13-20)22-14-15-7-4-3-5-8-15/h3-5,7-8,16,22H,6,9-14H2,1-2H3. The second-order valence-corrected chi connectivity index (χ2v) is 8.51. The lowest BCUT2D eigenvalue weighted by molar-refractivity contribution is -0.128. The summed E-state index contributed by atoms with van der Waals surface area (Å²) in [5, 5.41) is 3.69. The van der Waals surface area contributed by atoms with Gasteiger partial charge in [0.1, 0.15) is 5.76 Å². The van der Waals surface area contributed by atoms with E-state index in [-0.39, 0.29) is 11.1 Å². The van der Waals surface area contributed by atoms with Gasteiger partial charge in [0.05, 0.1) is 0 Å². The van der Waals surface area contributed by atoms with Crippen molar-refractivity contribution in [1.82, 2.24) is 5.32 Å². The van der Waals surface area contributed by atoms with Crippen molar-refractivity contribution in [1.29, 1.82) is 0 Å². The van der Waals surface area contributed by atoms with E-state index >= 15 is 0 Å². The maximum atomic E-state index is 12.7. The van der Waals surface area contributed by atoms with E-state index in [4.69, 9.17) is 4.74 Å². The fourth-order valence-corrected chi connectivity index (χ4v) is 4.69. The van der Waals surface area contributed by atoms with Crippen LogP contribution >= 0.6 is 0 Å². The van der Waals surface area contributed by atoms with Crippen molar-refractivity contribution >= 4 is 5.78 Å². The summed E-state index contributed by atoms with van der Waals surface area (Å²) in [6.07, 6.45) is 5.77. The number of ether oxygens (including phenoxy) is 1. The predicted octanol–water partition coefficient (Wildman–Crippen LogP) is 4.34. The van der Waals surface area contributed by atoms with Crippen molar-refractivity contribution in [2.75, 3.05) is 0 Å². The molecule has 1 saturated carbocycles. The molecule has 1 N–H and O–H groups in total. The Morgan fingerprint density at radius 3 is 2.79 bits per heavy atom. The van der Waals surface area contributed by atoms with Gasteiger partial charge in [0.15, 0.2) is 11.5 Å². The lowest BCUT2D eigenvalue weighted by Crippen LogP contribution is -2.54. The zero-order chi connectivity index (χ0) is 16.8. The van der Waals surface area contributed by atoms with Gasteiger partial charge in [-0.3, -0.25) is 10.1 Å². The quantitative estimate of drug-likeness (QED) is 0.898. The Bertz CT molecular complexity index is 676.